The largest absolute Gasteiger partial charge is 0.370 e. The molecular weight excluding hydrogens is 262 g/mol. The molecule has 4 rings (SSSR count). The number of guanidine groups is 2. The average molecular weight is 291 g/mol. The van der Waals surface area contributed by atoms with E-state index in [1.165, 1.54) is 38.5 Å². The Bertz CT molecular complexity index is 393. The van der Waals surface area contributed by atoms with E-state index in [-0.39, 0.29) is 11.5 Å². The molecule has 0 unspecified atom stereocenters. The van der Waals surface area contributed by atoms with Crippen molar-refractivity contribution in [3.05, 3.63) is 0 Å². The number of aliphatic imine (C=N–C) groups is 1. The molecule has 0 atom stereocenters. The maximum absolute atomic E-state index is 7.49. The Labute approximate surface area is 127 Å². The molecule has 0 aromatic rings. The Morgan fingerprint density at radius 3 is 2.24 bits per heavy atom. The van der Waals surface area contributed by atoms with Gasteiger partial charge in [0, 0.05) is 12.1 Å². The van der Waals surface area contributed by atoms with E-state index >= 15 is 0 Å². The fourth-order valence-electron chi connectivity index (χ4n) is 5.10. The summed E-state index contributed by atoms with van der Waals surface area (Å²) in [5.41, 5.74) is 5.73. The molecule has 5 N–H and O–H groups in total. The number of nitrogens with one attached hydrogen (secondary N) is 3. The predicted octanol–water partition coefficient (Wildman–Crippen LogP) is 2.18. The first-order valence-electron chi connectivity index (χ1n) is 8.52. The van der Waals surface area contributed by atoms with Crippen molar-refractivity contribution in [1.82, 2.24) is 10.6 Å². The van der Waals surface area contributed by atoms with Gasteiger partial charge < -0.3 is 11.1 Å². The van der Waals surface area contributed by atoms with Gasteiger partial charge in [-0.3, -0.25) is 15.7 Å². The predicted molar refractivity (Wildman–Crippen MR) is 86.3 cm³/mol. The van der Waals surface area contributed by atoms with Crippen LogP contribution in [-0.2, 0) is 0 Å². The minimum Gasteiger partial charge on any atom is -0.370 e. The second-order valence-electron chi connectivity index (χ2n) is 7.45. The van der Waals surface area contributed by atoms with Crippen molar-refractivity contribution in [1.29, 1.82) is 5.41 Å². The summed E-state index contributed by atoms with van der Waals surface area (Å²) >= 11 is 0. The van der Waals surface area contributed by atoms with Crippen LogP contribution in [0.4, 0.5) is 0 Å². The zero-order chi connectivity index (χ0) is 14.9. The van der Waals surface area contributed by atoms with Crippen LogP contribution in [0, 0.1) is 23.2 Å². The van der Waals surface area contributed by atoms with Gasteiger partial charge in [0.2, 0.25) is 0 Å². The number of hydrogen-bond acceptors (Lipinski definition) is 2. The molecule has 0 heterocycles. The van der Waals surface area contributed by atoms with Gasteiger partial charge in [-0.05, 0) is 62.7 Å². The molecule has 4 fully saturated rings. The number of rotatable bonds is 4. The standard InChI is InChI=1S/C16H29N5/c1-2-3-4-19-15(20-14(17)18)21-16-8-11-5-12(9-16)7-13(6-11)10-16/h11-13H,2-10H2,1H3,(H5,17,18,19,20,21). The van der Waals surface area contributed by atoms with Crippen LogP contribution >= 0.6 is 0 Å². The molecule has 4 bridgehead atoms. The van der Waals surface area contributed by atoms with Gasteiger partial charge in [-0.2, -0.15) is 0 Å². The van der Waals surface area contributed by atoms with Gasteiger partial charge in [0.15, 0.2) is 11.9 Å². The molecule has 4 saturated carbocycles. The molecule has 118 valence electrons. The summed E-state index contributed by atoms with van der Waals surface area (Å²) in [7, 11) is 0. The van der Waals surface area contributed by atoms with Crippen LogP contribution < -0.4 is 16.4 Å². The van der Waals surface area contributed by atoms with Gasteiger partial charge in [0.25, 0.3) is 0 Å². The lowest BCUT2D eigenvalue weighted by Gasteiger charge is -2.57. The van der Waals surface area contributed by atoms with Crippen molar-refractivity contribution in [2.45, 2.75) is 63.8 Å². The Hall–Kier alpha value is -1.26. The summed E-state index contributed by atoms with van der Waals surface area (Å²) in [5, 5.41) is 14.1. The molecule has 0 amide bonds. The number of hydrogen-bond donors (Lipinski definition) is 4. The maximum Gasteiger partial charge on any atom is 0.198 e. The fourth-order valence-corrected chi connectivity index (χ4v) is 5.10. The topological polar surface area (TPSA) is 86.3 Å². The van der Waals surface area contributed by atoms with Crippen LogP contribution in [0.2, 0.25) is 0 Å². The Morgan fingerprint density at radius 1 is 1.19 bits per heavy atom. The van der Waals surface area contributed by atoms with Crippen molar-refractivity contribution in [3.8, 4) is 0 Å². The molecule has 0 radical (unpaired) electrons. The molecule has 4 aliphatic carbocycles. The Morgan fingerprint density at radius 2 is 1.76 bits per heavy atom. The van der Waals surface area contributed by atoms with Crippen LogP contribution in [-0.4, -0.2) is 24.0 Å². The zero-order valence-corrected chi connectivity index (χ0v) is 13.1. The molecular formula is C16H29N5. The normalized spacial score (nSPS) is 37.6. The minimum absolute atomic E-state index is 0.0255. The number of nitrogens with two attached hydrogens (primary N) is 1. The van der Waals surface area contributed by atoms with Crippen molar-refractivity contribution < 1.29 is 0 Å². The van der Waals surface area contributed by atoms with Gasteiger partial charge >= 0.3 is 0 Å². The third-order valence-corrected chi connectivity index (χ3v) is 5.46. The first-order valence-corrected chi connectivity index (χ1v) is 8.52. The van der Waals surface area contributed by atoms with Gasteiger partial charge in [-0.1, -0.05) is 13.3 Å². The third-order valence-electron chi connectivity index (χ3n) is 5.46. The highest BCUT2D eigenvalue weighted by atomic mass is 15.2. The third kappa shape index (κ3) is 3.33. The van der Waals surface area contributed by atoms with Crippen LogP contribution in [0.5, 0.6) is 0 Å². The Balaban J connectivity index is 1.69. The zero-order valence-electron chi connectivity index (χ0n) is 13.1. The Kier molecular flexibility index (Phi) is 4.09. The summed E-state index contributed by atoms with van der Waals surface area (Å²) < 4.78 is 0. The molecule has 0 aromatic carbocycles. The van der Waals surface area contributed by atoms with Crippen molar-refractivity contribution in [3.63, 3.8) is 0 Å². The maximum atomic E-state index is 7.49. The van der Waals surface area contributed by atoms with Gasteiger partial charge in [-0.15, -0.1) is 0 Å². The molecule has 0 spiro atoms. The summed E-state index contributed by atoms with van der Waals surface area (Å²) in [4.78, 5) is 4.60. The van der Waals surface area contributed by atoms with Crippen LogP contribution in [0.15, 0.2) is 4.99 Å². The molecule has 5 heteroatoms. The van der Waals surface area contributed by atoms with E-state index in [1.807, 2.05) is 0 Å². The summed E-state index contributed by atoms with van der Waals surface area (Å²) in [6, 6.07) is 0. The molecule has 21 heavy (non-hydrogen) atoms. The second kappa shape index (κ2) is 5.85. The van der Waals surface area contributed by atoms with Crippen LogP contribution in [0.3, 0.4) is 0 Å². The summed E-state index contributed by atoms with van der Waals surface area (Å²) in [6.45, 7) is 2.96. The lowest BCUT2D eigenvalue weighted by atomic mass is 9.53. The number of unbranched alkanes of at least 4 members (excludes halogenated alkanes) is 1. The number of nitrogens with zero attached hydrogens (tertiary/aromatic N) is 1. The smallest absolute Gasteiger partial charge is 0.198 e. The van der Waals surface area contributed by atoms with E-state index in [2.05, 4.69) is 22.5 Å². The van der Waals surface area contributed by atoms with E-state index in [0.717, 1.165) is 43.1 Å². The van der Waals surface area contributed by atoms with Crippen molar-refractivity contribution in [2.75, 3.05) is 6.54 Å². The van der Waals surface area contributed by atoms with E-state index < -0.39 is 0 Å². The monoisotopic (exact) mass is 291 g/mol. The quantitative estimate of drug-likeness (QED) is 0.364. The van der Waals surface area contributed by atoms with E-state index in [1.54, 1.807) is 0 Å². The second-order valence-corrected chi connectivity index (χ2v) is 7.45. The van der Waals surface area contributed by atoms with Gasteiger partial charge in [0.05, 0.1) is 0 Å². The highest BCUT2D eigenvalue weighted by Gasteiger charge is 2.51. The van der Waals surface area contributed by atoms with E-state index in [0.29, 0.717) is 0 Å². The molecule has 0 aliphatic heterocycles. The van der Waals surface area contributed by atoms with Crippen LogP contribution in [0.1, 0.15) is 58.3 Å². The lowest BCUT2D eigenvalue weighted by Crippen LogP contribution is -2.62. The molecule has 0 saturated heterocycles. The molecule has 4 aliphatic rings. The average Bonchev–Trinajstić information content (AvgIpc) is 2.35. The highest BCUT2D eigenvalue weighted by Crippen LogP contribution is 2.55. The van der Waals surface area contributed by atoms with Crippen LogP contribution in [0.25, 0.3) is 0 Å². The van der Waals surface area contributed by atoms with Crippen molar-refractivity contribution >= 4 is 11.9 Å². The van der Waals surface area contributed by atoms with Gasteiger partial charge in [-0.25, -0.2) is 0 Å². The molecule has 0 aromatic heterocycles. The first kappa shape index (κ1) is 14.7. The van der Waals surface area contributed by atoms with E-state index in [9.17, 15) is 0 Å². The van der Waals surface area contributed by atoms with E-state index in [4.69, 9.17) is 11.1 Å². The SMILES string of the molecule is CCCCN=C(NC(=N)N)NC12CC3CC(CC(C3)C1)C2. The molecule has 5 nitrogen and oxygen atoms in total. The van der Waals surface area contributed by atoms with Crippen molar-refractivity contribution in [2.24, 2.45) is 28.5 Å². The first-order chi connectivity index (χ1) is 10.1. The lowest BCUT2D eigenvalue weighted by molar-refractivity contribution is -0.0104. The fraction of sp³-hybridized carbons (Fsp3) is 0.875. The summed E-state index contributed by atoms with van der Waals surface area (Å²) in [5.74, 6) is 3.40. The highest BCUT2D eigenvalue weighted by molar-refractivity contribution is 5.96. The summed E-state index contributed by atoms with van der Waals surface area (Å²) in [6.07, 6.45) is 10.3. The van der Waals surface area contributed by atoms with Gasteiger partial charge in [0.1, 0.15) is 0 Å². The minimum atomic E-state index is -0.0255.